The first-order chi connectivity index (χ1) is 7.77. The molecule has 0 unspecified atom stereocenters. The molecule has 0 bridgehead atoms. The minimum Gasteiger partial charge on any atom is -0.430 e. The van der Waals surface area contributed by atoms with Gasteiger partial charge in [0.15, 0.2) is 11.6 Å². The third-order valence-corrected chi connectivity index (χ3v) is 2.99. The highest BCUT2D eigenvalue weighted by Gasteiger charge is 2.24. The molecule has 1 rings (SSSR count). The van der Waals surface area contributed by atoms with Crippen molar-refractivity contribution in [2.75, 3.05) is 0 Å². The maximum absolute atomic E-state index is 13.5. The van der Waals surface area contributed by atoms with Crippen molar-refractivity contribution >= 4 is 19.7 Å². The molecule has 0 aromatic heterocycles. The highest BCUT2D eigenvalue weighted by Crippen LogP contribution is 2.30. The number of hydrogen-bond acceptors (Lipinski definition) is 4. The van der Waals surface area contributed by atoms with Crippen LogP contribution in [0.3, 0.4) is 0 Å². The number of hydrogen-bond donors (Lipinski definition) is 0. The minimum absolute atomic E-state index is 0.563. The number of rotatable bonds is 3. The summed E-state index contributed by atoms with van der Waals surface area (Å²) in [4.78, 5) is -1.03. The van der Waals surface area contributed by atoms with E-state index in [9.17, 15) is 21.6 Å². The second-order valence-electron chi connectivity index (χ2n) is 2.68. The largest absolute Gasteiger partial charge is 0.430 e. The summed E-state index contributed by atoms with van der Waals surface area (Å²) in [6.07, 6.45) is 0. The average molecular weight is 286 g/mol. The molecule has 0 aliphatic heterocycles. The van der Waals surface area contributed by atoms with Crippen molar-refractivity contribution in [1.29, 1.82) is 5.26 Å². The molecule has 0 spiro atoms. The maximum atomic E-state index is 13.5. The Labute approximate surface area is 98.6 Å². The molecule has 4 nitrogen and oxygen atoms in total. The summed E-state index contributed by atoms with van der Waals surface area (Å²) in [5.74, 6) is -2.77. The quantitative estimate of drug-likeness (QED) is 0.799. The van der Waals surface area contributed by atoms with Crippen LogP contribution in [-0.4, -0.2) is 15.0 Å². The Hall–Kier alpha value is -1.46. The van der Waals surface area contributed by atoms with Crippen LogP contribution in [0.25, 0.3) is 0 Å². The maximum Gasteiger partial charge on any atom is 0.387 e. The Kier molecular flexibility index (Phi) is 3.85. The number of alkyl halides is 2. The van der Waals surface area contributed by atoms with Gasteiger partial charge >= 0.3 is 6.61 Å². The first-order valence-corrected chi connectivity index (χ1v) is 6.20. The molecule has 0 aliphatic carbocycles. The normalized spacial score (nSPS) is 11.3. The minimum atomic E-state index is -4.45. The van der Waals surface area contributed by atoms with Gasteiger partial charge in [-0.2, -0.15) is 14.0 Å². The topological polar surface area (TPSA) is 67.2 Å². The van der Waals surface area contributed by atoms with Crippen molar-refractivity contribution in [3.63, 3.8) is 0 Å². The predicted molar refractivity (Wildman–Crippen MR) is 50.8 cm³/mol. The second kappa shape index (κ2) is 4.81. The van der Waals surface area contributed by atoms with Crippen molar-refractivity contribution in [1.82, 2.24) is 0 Å². The number of nitrogens with zero attached hydrogens (tertiary/aromatic N) is 1. The van der Waals surface area contributed by atoms with E-state index in [2.05, 4.69) is 4.74 Å². The summed E-state index contributed by atoms with van der Waals surface area (Å²) in [5, 5.41) is 8.53. The zero-order valence-electron chi connectivity index (χ0n) is 7.82. The van der Waals surface area contributed by atoms with Gasteiger partial charge in [0.05, 0.1) is 5.56 Å². The molecule has 17 heavy (non-hydrogen) atoms. The van der Waals surface area contributed by atoms with Gasteiger partial charge in [-0.3, -0.25) is 0 Å². The average Bonchev–Trinajstić information content (AvgIpc) is 2.18. The lowest BCUT2D eigenvalue weighted by atomic mass is 10.2. The van der Waals surface area contributed by atoms with Gasteiger partial charge in [0.1, 0.15) is 11.0 Å². The van der Waals surface area contributed by atoms with Gasteiger partial charge in [-0.25, -0.2) is 12.8 Å². The number of benzene rings is 1. The molecule has 92 valence electrons. The molecule has 0 radical (unpaired) electrons. The summed E-state index contributed by atoms with van der Waals surface area (Å²) in [5.41, 5.74) is -0.563. The van der Waals surface area contributed by atoms with E-state index in [-0.39, 0.29) is 0 Å². The van der Waals surface area contributed by atoms with Crippen LogP contribution in [0, 0.1) is 17.1 Å². The lowest BCUT2D eigenvalue weighted by Crippen LogP contribution is -2.08. The predicted octanol–water partition coefficient (Wildman–Crippen LogP) is 2.23. The Morgan fingerprint density at radius 3 is 2.41 bits per heavy atom. The van der Waals surface area contributed by atoms with E-state index in [4.69, 9.17) is 15.9 Å². The van der Waals surface area contributed by atoms with Crippen molar-refractivity contribution in [3.05, 3.63) is 23.5 Å². The molecular formula is C8H3ClF3NO3S. The van der Waals surface area contributed by atoms with E-state index >= 15 is 0 Å². The van der Waals surface area contributed by atoms with Crippen LogP contribution in [0.2, 0.25) is 0 Å². The van der Waals surface area contributed by atoms with E-state index in [1.165, 1.54) is 6.07 Å². The molecule has 1 aromatic carbocycles. The van der Waals surface area contributed by atoms with E-state index in [1.807, 2.05) is 0 Å². The van der Waals surface area contributed by atoms with Crippen LogP contribution in [0.4, 0.5) is 13.2 Å². The van der Waals surface area contributed by atoms with Gasteiger partial charge in [-0.15, -0.1) is 0 Å². The SMILES string of the molecule is N#Cc1ccc(S(=O)(=O)Cl)c(F)c1OC(F)F. The van der Waals surface area contributed by atoms with Crippen LogP contribution >= 0.6 is 10.7 Å². The lowest BCUT2D eigenvalue weighted by Gasteiger charge is -2.09. The summed E-state index contributed by atoms with van der Waals surface area (Å²) < 4.78 is 63.0. The molecule has 0 saturated heterocycles. The fourth-order valence-electron chi connectivity index (χ4n) is 1.02. The first kappa shape index (κ1) is 13.6. The third-order valence-electron chi connectivity index (χ3n) is 1.65. The van der Waals surface area contributed by atoms with Gasteiger partial charge in [-0.05, 0) is 12.1 Å². The van der Waals surface area contributed by atoms with Gasteiger partial charge in [-0.1, -0.05) is 0 Å². The molecule has 1 aromatic rings. The van der Waals surface area contributed by atoms with Crippen molar-refractivity contribution in [2.45, 2.75) is 11.5 Å². The smallest absolute Gasteiger partial charge is 0.387 e. The van der Waals surface area contributed by atoms with Gasteiger partial charge in [0.25, 0.3) is 9.05 Å². The summed E-state index contributed by atoms with van der Waals surface area (Å²) in [6, 6.07) is 2.89. The zero-order valence-corrected chi connectivity index (χ0v) is 9.40. The van der Waals surface area contributed by atoms with Crippen molar-refractivity contribution in [3.8, 4) is 11.8 Å². The van der Waals surface area contributed by atoms with Crippen molar-refractivity contribution in [2.24, 2.45) is 0 Å². The van der Waals surface area contributed by atoms with Gasteiger partial charge < -0.3 is 4.74 Å². The van der Waals surface area contributed by atoms with Gasteiger partial charge in [0.2, 0.25) is 0 Å². The lowest BCUT2D eigenvalue weighted by molar-refractivity contribution is -0.0526. The Bertz CT molecular complexity index is 582. The molecule has 0 saturated carbocycles. The first-order valence-electron chi connectivity index (χ1n) is 3.89. The molecular weight excluding hydrogens is 283 g/mol. The van der Waals surface area contributed by atoms with Gasteiger partial charge in [0, 0.05) is 10.7 Å². The summed E-state index contributed by atoms with van der Waals surface area (Å²) in [7, 11) is 0.420. The highest BCUT2D eigenvalue weighted by atomic mass is 35.7. The fourth-order valence-corrected chi connectivity index (χ4v) is 1.91. The fraction of sp³-hybridized carbons (Fsp3) is 0.125. The van der Waals surface area contributed by atoms with E-state index in [0.717, 1.165) is 6.07 Å². The highest BCUT2D eigenvalue weighted by molar-refractivity contribution is 8.13. The monoisotopic (exact) mass is 285 g/mol. The molecule has 0 N–H and O–H groups in total. The second-order valence-corrected chi connectivity index (χ2v) is 5.22. The van der Waals surface area contributed by atoms with E-state index in [1.54, 1.807) is 0 Å². The number of nitriles is 1. The summed E-state index contributed by atoms with van der Waals surface area (Å²) >= 11 is 0. The molecule has 9 heteroatoms. The van der Waals surface area contributed by atoms with Crippen molar-refractivity contribution < 1.29 is 26.3 Å². The van der Waals surface area contributed by atoms with Crippen LogP contribution in [0.1, 0.15) is 5.56 Å². The van der Waals surface area contributed by atoms with E-state index < -0.39 is 37.7 Å². The standard InChI is InChI=1S/C8H3ClF3NO3S/c9-17(14,15)5-2-1-4(3-13)7(6(5)10)16-8(11)12/h1-2,8H. The Balaban J connectivity index is 3.50. The molecule has 0 atom stereocenters. The van der Waals surface area contributed by atoms with Crippen LogP contribution in [-0.2, 0) is 9.05 Å². The number of ether oxygens (including phenoxy) is 1. The third kappa shape index (κ3) is 3.01. The molecule has 0 aliphatic rings. The molecule has 0 fully saturated rings. The van der Waals surface area contributed by atoms with Crippen LogP contribution < -0.4 is 4.74 Å². The summed E-state index contributed by atoms with van der Waals surface area (Å²) in [6.45, 7) is -3.40. The molecule has 0 heterocycles. The number of halogens is 4. The molecule has 0 amide bonds. The van der Waals surface area contributed by atoms with Crippen LogP contribution in [0.15, 0.2) is 17.0 Å². The van der Waals surface area contributed by atoms with Crippen LogP contribution in [0.5, 0.6) is 5.75 Å². The zero-order chi connectivity index (χ0) is 13.2. The Morgan fingerprint density at radius 1 is 1.41 bits per heavy atom. The Morgan fingerprint density at radius 2 is 2.00 bits per heavy atom. The van der Waals surface area contributed by atoms with E-state index in [0.29, 0.717) is 6.07 Å².